The molecule has 0 aromatic carbocycles. The molecule has 0 spiro atoms. The molecule has 11 heavy (non-hydrogen) atoms. The number of allylic oxidation sites excluding steroid dienone is 1. The maximum absolute atomic E-state index is 10.9. The summed E-state index contributed by atoms with van der Waals surface area (Å²) < 4.78 is 8.01. The summed E-state index contributed by atoms with van der Waals surface area (Å²) in [6.45, 7) is 0. The Hall–Kier alpha value is -0.650. The van der Waals surface area contributed by atoms with Gasteiger partial charge in [-0.05, 0) is 10.2 Å². The normalized spacial score (nSPS) is 16.1. The molecule has 0 unspecified atom stereocenters. The molecule has 4 heteroatoms. The lowest BCUT2D eigenvalue weighted by Gasteiger charge is -2.02. The predicted octanol–water partition coefficient (Wildman–Crippen LogP) is 1.27. The Morgan fingerprint density at radius 1 is 1.73 bits per heavy atom. The topological polar surface area (TPSA) is 46.5 Å². The molecular formula is C7H7IO3. The fourth-order valence-corrected chi connectivity index (χ4v) is 2.07. The fourth-order valence-electron chi connectivity index (χ4n) is 0.622. The van der Waals surface area contributed by atoms with Crippen LogP contribution in [0.15, 0.2) is 21.5 Å². The number of esters is 1. The average molecular weight is 266 g/mol. The van der Waals surface area contributed by atoms with E-state index in [2.05, 4.69) is 4.74 Å². The van der Waals surface area contributed by atoms with Gasteiger partial charge in [0.2, 0.25) is 0 Å². The van der Waals surface area contributed by atoms with Crippen LogP contribution in [0.3, 0.4) is 0 Å². The monoisotopic (exact) mass is 266 g/mol. The predicted molar refractivity (Wildman–Crippen MR) is 50.9 cm³/mol. The minimum atomic E-state index is -0.487. The van der Waals surface area contributed by atoms with E-state index in [1.807, 2.05) is 4.08 Å². The van der Waals surface area contributed by atoms with Crippen LogP contribution in [0.2, 0.25) is 0 Å². The molecule has 0 bridgehead atoms. The molecule has 0 aromatic rings. The van der Waals surface area contributed by atoms with Gasteiger partial charge in [-0.3, -0.25) is 0 Å². The van der Waals surface area contributed by atoms with Gasteiger partial charge in [-0.2, -0.15) is 0 Å². The molecule has 0 aromatic heterocycles. The van der Waals surface area contributed by atoms with Crippen molar-refractivity contribution in [2.24, 2.45) is 0 Å². The fraction of sp³-hybridized carbons (Fsp3) is 0.143. The van der Waals surface area contributed by atoms with Crippen LogP contribution in [0.25, 0.3) is 0 Å². The zero-order chi connectivity index (χ0) is 8.27. The first-order valence-corrected chi connectivity index (χ1v) is 5.38. The SMILES string of the molecule is COC(=O)C1=C(O)C=IC=C1. The molecule has 1 aliphatic rings. The molecule has 0 amide bonds. The summed E-state index contributed by atoms with van der Waals surface area (Å²) in [5.41, 5.74) is 0.249. The van der Waals surface area contributed by atoms with Crippen LogP contribution in [0.1, 0.15) is 0 Å². The number of hydrogen-bond donors (Lipinski definition) is 1. The molecule has 0 aliphatic carbocycles. The van der Waals surface area contributed by atoms with Crippen molar-refractivity contribution in [3.8, 4) is 0 Å². The second-order valence-electron chi connectivity index (χ2n) is 1.82. The highest BCUT2D eigenvalue weighted by molar-refractivity contribution is 14.2. The first-order chi connectivity index (χ1) is 5.25. The summed E-state index contributed by atoms with van der Waals surface area (Å²) in [6, 6.07) is 0. The summed E-state index contributed by atoms with van der Waals surface area (Å²) in [5.74, 6) is -0.439. The average Bonchev–Trinajstić information content (AvgIpc) is 2.04. The van der Waals surface area contributed by atoms with Gasteiger partial charge in [0, 0.05) is 4.01 Å². The first kappa shape index (κ1) is 8.45. The van der Waals surface area contributed by atoms with E-state index in [1.54, 1.807) is 10.1 Å². The zero-order valence-electron chi connectivity index (χ0n) is 5.87. The van der Waals surface area contributed by atoms with Gasteiger partial charge in [-0.15, -0.1) is 0 Å². The quantitative estimate of drug-likeness (QED) is 0.574. The number of ether oxygens (including phenoxy) is 1. The van der Waals surface area contributed by atoms with Gasteiger partial charge in [0.15, 0.2) is 0 Å². The molecule has 1 aliphatic heterocycles. The molecule has 1 N–H and O–H groups in total. The van der Waals surface area contributed by atoms with Crippen LogP contribution in [-0.4, -0.2) is 22.2 Å². The van der Waals surface area contributed by atoms with E-state index in [0.29, 0.717) is 0 Å². The Bertz CT molecular complexity index is 263. The highest BCUT2D eigenvalue weighted by Crippen LogP contribution is 2.15. The van der Waals surface area contributed by atoms with Crippen LogP contribution >= 0.6 is 20.7 Å². The largest absolute Gasteiger partial charge is 0.507 e. The summed E-state index contributed by atoms with van der Waals surface area (Å²) in [6.07, 6.45) is 1.61. The van der Waals surface area contributed by atoms with Gasteiger partial charge in [0.1, 0.15) is 11.3 Å². The lowest BCUT2D eigenvalue weighted by molar-refractivity contribution is -0.135. The lowest BCUT2D eigenvalue weighted by Crippen LogP contribution is -2.07. The maximum atomic E-state index is 10.9. The third kappa shape index (κ3) is 1.89. The standard InChI is InChI=1S/C7H7IO3/c1-11-7(10)5-2-3-8-4-6(5)9/h2-4,9H,1H3. The van der Waals surface area contributed by atoms with Crippen molar-refractivity contribution in [1.29, 1.82) is 0 Å². The van der Waals surface area contributed by atoms with Crippen LogP contribution in [0.4, 0.5) is 0 Å². The smallest absolute Gasteiger partial charge is 0.341 e. The van der Waals surface area contributed by atoms with E-state index in [9.17, 15) is 4.79 Å². The molecule has 3 nitrogen and oxygen atoms in total. The summed E-state index contributed by atoms with van der Waals surface area (Å²) in [7, 11) is 1.29. The molecule has 1 rings (SSSR count). The second kappa shape index (κ2) is 3.66. The zero-order valence-corrected chi connectivity index (χ0v) is 8.03. The van der Waals surface area contributed by atoms with Gasteiger partial charge < -0.3 is 9.84 Å². The van der Waals surface area contributed by atoms with Crippen LogP contribution < -0.4 is 0 Å². The van der Waals surface area contributed by atoms with Crippen LogP contribution in [0, 0.1) is 0 Å². The van der Waals surface area contributed by atoms with Gasteiger partial charge in [0.05, 0.1) is 7.11 Å². The number of methoxy groups -OCH3 is 1. The van der Waals surface area contributed by atoms with Crippen molar-refractivity contribution in [3.05, 3.63) is 21.5 Å². The second-order valence-corrected chi connectivity index (χ2v) is 3.88. The van der Waals surface area contributed by atoms with Crippen molar-refractivity contribution >= 4 is 30.7 Å². The number of carbonyl (C=O) groups excluding carboxylic acids is 1. The van der Waals surface area contributed by atoms with Gasteiger partial charge in [-0.1, -0.05) is 20.7 Å². The Morgan fingerprint density at radius 3 is 3.00 bits per heavy atom. The van der Waals surface area contributed by atoms with Gasteiger partial charge in [-0.25, -0.2) is 4.79 Å². The van der Waals surface area contributed by atoms with Crippen LogP contribution in [0.5, 0.6) is 0 Å². The van der Waals surface area contributed by atoms with Crippen molar-refractivity contribution in [2.45, 2.75) is 0 Å². The van der Waals surface area contributed by atoms with Gasteiger partial charge >= 0.3 is 5.97 Å². The number of aliphatic hydroxyl groups is 1. The number of aliphatic hydroxyl groups excluding tert-OH is 1. The summed E-state index contributed by atoms with van der Waals surface area (Å²) in [5, 5.41) is 9.17. The minimum Gasteiger partial charge on any atom is -0.507 e. The van der Waals surface area contributed by atoms with Crippen molar-refractivity contribution < 1.29 is 14.6 Å². The molecule has 1 heterocycles. The van der Waals surface area contributed by atoms with E-state index < -0.39 is 5.97 Å². The highest BCUT2D eigenvalue weighted by Gasteiger charge is 2.12. The molecular weight excluding hydrogens is 259 g/mol. The molecule has 0 radical (unpaired) electrons. The van der Waals surface area contributed by atoms with E-state index in [-0.39, 0.29) is 32.1 Å². The third-order valence-electron chi connectivity index (χ3n) is 1.15. The Labute approximate surface area is 74.1 Å². The minimum absolute atomic E-state index is 0.0483. The highest BCUT2D eigenvalue weighted by atomic mass is 127. The van der Waals surface area contributed by atoms with Crippen molar-refractivity contribution in [1.82, 2.24) is 0 Å². The van der Waals surface area contributed by atoms with Gasteiger partial charge in [0.25, 0.3) is 0 Å². The maximum Gasteiger partial charge on any atom is 0.341 e. The molecule has 60 valence electrons. The van der Waals surface area contributed by atoms with Crippen molar-refractivity contribution in [3.63, 3.8) is 0 Å². The summed E-state index contributed by atoms with van der Waals surface area (Å²) >= 11 is -0.205. The molecule has 0 saturated carbocycles. The van der Waals surface area contributed by atoms with Crippen LogP contribution in [-0.2, 0) is 9.53 Å². The molecule has 0 saturated heterocycles. The van der Waals surface area contributed by atoms with E-state index >= 15 is 0 Å². The van der Waals surface area contributed by atoms with E-state index in [4.69, 9.17) is 5.11 Å². The third-order valence-corrected chi connectivity index (χ3v) is 2.87. The summed E-state index contributed by atoms with van der Waals surface area (Å²) in [4.78, 5) is 10.9. The Balaban J connectivity index is 2.95. The lowest BCUT2D eigenvalue weighted by atomic mass is 10.2. The number of hydrogen-bond acceptors (Lipinski definition) is 3. The number of rotatable bonds is 1. The Morgan fingerprint density at radius 2 is 2.45 bits per heavy atom. The number of carbonyl (C=O) groups is 1. The van der Waals surface area contributed by atoms with Crippen molar-refractivity contribution in [2.75, 3.05) is 7.11 Å². The molecule has 0 atom stereocenters. The number of halogens is 1. The Kier molecular flexibility index (Phi) is 2.81. The molecule has 0 fully saturated rings. The van der Waals surface area contributed by atoms with E-state index in [0.717, 1.165) is 0 Å². The first-order valence-electron chi connectivity index (χ1n) is 2.89. The van der Waals surface area contributed by atoms with E-state index in [1.165, 1.54) is 7.11 Å².